The molecule has 1 aliphatic rings. The van der Waals surface area contributed by atoms with E-state index in [1.54, 1.807) is 0 Å². The van der Waals surface area contributed by atoms with Crippen molar-refractivity contribution in [3.05, 3.63) is 52.0 Å². The number of nitrogens with zero attached hydrogens (tertiary/aromatic N) is 2. The van der Waals surface area contributed by atoms with E-state index in [1.165, 1.54) is 11.1 Å². The highest BCUT2D eigenvalue weighted by Gasteiger charge is 2.19. The van der Waals surface area contributed by atoms with Gasteiger partial charge in [0.2, 0.25) is 0 Å². The van der Waals surface area contributed by atoms with Crippen molar-refractivity contribution in [2.24, 2.45) is 0 Å². The van der Waals surface area contributed by atoms with Crippen molar-refractivity contribution in [2.75, 3.05) is 39.1 Å². The van der Waals surface area contributed by atoms with Gasteiger partial charge in [0.15, 0.2) is 0 Å². The fourth-order valence-electron chi connectivity index (χ4n) is 3.04. The van der Waals surface area contributed by atoms with Crippen molar-refractivity contribution in [1.82, 2.24) is 4.90 Å². The van der Waals surface area contributed by atoms with E-state index < -0.39 is 10.8 Å². The van der Waals surface area contributed by atoms with Gasteiger partial charge in [-0.15, -0.1) is 0 Å². The van der Waals surface area contributed by atoms with Crippen LogP contribution in [0.4, 0.5) is 5.69 Å². The number of benzene rings is 2. The molecule has 2 aromatic rings. The molecule has 0 spiro atoms. The fourth-order valence-corrected chi connectivity index (χ4v) is 4.62. The van der Waals surface area contributed by atoms with Gasteiger partial charge in [-0.05, 0) is 67.4 Å². The summed E-state index contributed by atoms with van der Waals surface area (Å²) >= 11 is 3.44. The number of hydrogen-bond acceptors (Lipinski definition) is 3. The molecule has 1 atom stereocenters. The van der Waals surface area contributed by atoms with E-state index in [1.807, 2.05) is 38.4 Å². The molecule has 3 rings (SSSR count). The van der Waals surface area contributed by atoms with Crippen LogP contribution in [-0.2, 0) is 23.6 Å². The SMILES string of the molecule is CN1CCc2cc(N(C)C)c(S(=O)c3ccc(Br)cc3)cc2CC1. The summed E-state index contributed by atoms with van der Waals surface area (Å²) < 4.78 is 14.2. The third-order valence-corrected chi connectivity index (χ3v) is 6.47. The molecule has 0 bridgehead atoms. The Morgan fingerprint density at radius 3 is 2.21 bits per heavy atom. The quantitative estimate of drug-likeness (QED) is 0.775. The molecule has 0 fully saturated rings. The predicted molar refractivity (Wildman–Crippen MR) is 104 cm³/mol. The van der Waals surface area contributed by atoms with Crippen LogP contribution < -0.4 is 4.90 Å². The van der Waals surface area contributed by atoms with E-state index in [0.717, 1.165) is 45.9 Å². The fraction of sp³-hybridized carbons (Fsp3) is 0.368. The maximum Gasteiger partial charge on any atom is 0.0870 e. The maximum atomic E-state index is 13.2. The standard InChI is InChI=1S/C19H23BrN2OS/c1-21(2)18-12-14-8-10-22(3)11-9-15(14)13-19(18)24(23)17-6-4-16(20)5-7-17/h4-7,12-13H,8-11H2,1-3H3. The lowest BCUT2D eigenvalue weighted by Crippen LogP contribution is -2.20. The molecule has 2 aromatic carbocycles. The summed E-state index contributed by atoms with van der Waals surface area (Å²) in [7, 11) is 5.03. The highest BCUT2D eigenvalue weighted by atomic mass is 79.9. The first kappa shape index (κ1) is 17.6. The second-order valence-corrected chi connectivity index (χ2v) is 8.87. The number of fused-ring (bicyclic) bond motifs is 1. The Bertz CT molecular complexity index is 759. The van der Waals surface area contributed by atoms with Crippen LogP contribution in [0.1, 0.15) is 11.1 Å². The molecule has 5 heteroatoms. The summed E-state index contributed by atoms with van der Waals surface area (Å²) in [6.45, 7) is 2.13. The Hall–Kier alpha value is -1.17. The van der Waals surface area contributed by atoms with Gasteiger partial charge in [-0.1, -0.05) is 15.9 Å². The second kappa shape index (κ2) is 7.38. The summed E-state index contributed by atoms with van der Waals surface area (Å²) in [4.78, 5) is 6.18. The monoisotopic (exact) mass is 406 g/mol. The maximum absolute atomic E-state index is 13.2. The first-order chi connectivity index (χ1) is 11.5. The number of anilines is 1. The summed E-state index contributed by atoms with van der Waals surface area (Å²) in [5, 5.41) is 0. The average Bonchev–Trinajstić information content (AvgIpc) is 2.75. The van der Waals surface area contributed by atoms with E-state index in [4.69, 9.17) is 0 Å². The van der Waals surface area contributed by atoms with Gasteiger partial charge in [-0.2, -0.15) is 0 Å². The van der Waals surface area contributed by atoms with Crippen LogP contribution in [-0.4, -0.2) is 43.3 Å². The topological polar surface area (TPSA) is 23.6 Å². The third-order valence-electron chi connectivity index (χ3n) is 4.52. The molecule has 0 saturated carbocycles. The van der Waals surface area contributed by atoms with E-state index in [2.05, 4.69) is 44.9 Å². The molecular weight excluding hydrogens is 384 g/mol. The minimum Gasteiger partial charge on any atom is -0.377 e. The second-order valence-electron chi connectivity index (χ2n) is 6.51. The molecule has 0 radical (unpaired) electrons. The molecule has 0 N–H and O–H groups in total. The zero-order valence-corrected chi connectivity index (χ0v) is 16.8. The smallest absolute Gasteiger partial charge is 0.0870 e. The summed E-state index contributed by atoms with van der Waals surface area (Å²) in [5.41, 5.74) is 3.78. The number of rotatable bonds is 3. The van der Waals surface area contributed by atoms with Crippen LogP contribution in [0.5, 0.6) is 0 Å². The highest BCUT2D eigenvalue weighted by molar-refractivity contribution is 9.10. The third kappa shape index (κ3) is 3.73. The zero-order valence-electron chi connectivity index (χ0n) is 14.4. The van der Waals surface area contributed by atoms with Gasteiger partial charge in [0.25, 0.3) is 0 Å². The van der Waals surface area contributed by atoms with Crippen LogP contribution in [0.25, 0.3) is 0 Å². The van der Waals surface area contributed by atoms with Gasteiger partial charge in [-0.25, -0.2) is 4.21 Å². The van der Waals surface area contributed by atoms with Gasteiger partial charge >= 0.3 is 0 Å². The molecule has 1 heterocycles. The Morgan fingerprint density at radius 1 is 1.04 bits per heavy atom. The van der Waals surface area contributed by atoms with Crippen molar-refractivity contribution in [2.45, 2.75) is 22.6 Å². The van der Waals surface area contributed by atoms with Crippen LogP contribution in [0, 0.1) is 0 Å². The Morgan fingerprint density at radius 2 is 1.62 bits per heavy atom. The van der Waals surface area contributed by atoms with Crippen molar-refractivity contribution in [1.29, 1.82) is 0 Å². The number of hydrogen-bond donors (Lipinski definition) is 0. The van der Waals surface area contributed by atoms with Crippen LogP contribution in [0.3, 0.4) is 0 Å². The Labute approximate surface area is 155 Å². The normalized spacial score (nSPS) is 16.3. The molecule has 0 amide bonds. The molecular formula is C19H23BrN2OS. The van der Waals surface area contributed by atoms with Crippen molar-refractivity contribution in [3.63, 3.8) is 0 Å². The Balaban J connectivity index is 2.06. The summed E-state index contributed by atoms with van der Waals surface area (Å²) in [5.74, 6) is 0. The van der Waals surface area contributed by atoms with Gasteiger partial charge in [0.1, 0.15) is 0 Å². The number of halogens is 1. The van der Waals surface area contributed by atoms with Crippen LogP contribution >= 0.6 is 15.9 Å². The molecule has 0 saturated heterocycles. The lowest BCUT2D eigenvalue weighted by atomic mass is 10.0. The Kier molecular flexibility index (Phi) is 5.42. The van der Waals surface area contributed by atoms with Gasteiger partial charge in [0, 0.05) is 36.6 Å². The molecule has 3 nitrogen and oxygen atoms in total. The van der Waals surface area contributed by atoms with E-state index >= 15 is 0 Å². The molecule has 24 heavy (non-hydrogen) atoms. The largest absolute Gasteiger partial charge is 0.377 e. The van der Waals surface area contributed by atoms with Crippen molar-refractivity contribution < 1.29 is 4.21 Å². The molecule has 1 aliphatic heterocycles. The molecule has 128 valence electrons. The number of likely N-dealkylation sites (N-methyl/N-ethyl adjacent to an activating group) is 1. The van der Waals surface area contributed by atoms with Crippen LogP contribution in [0.15, 0.2) is 50.7 Å². The minimum absolute atomic E-state index is 0.840. The van der Waals surface area contributed by atoms with Crippen molar-refractivity contribution >= 4 is 32.4 Å². The van der Waals surface area contributed by atoms with Crippen LogP contribution in [0.2, 0.25) is 0 Å². The zero-order chi connectivity index (χ0) is 17.3. The van der Waals surface area contributed by atoms with E-state index in [-0.39, 0.29) is 0 Å². The average molecular weight is 407 g/mol. The van der Waals surface area contributed by atoms with Gasteiger partial charge < -0.3 is 9.80 Å². The molecule has 0 aromatic heterocycles. The summed E-state index contributed by atoms with van der Waals surface area (Å²) in [6, 6.07) is 12.2. The van der Waals surface area contributed by atoms with Gasteiger partial charge in [-0.3, -0.25) is 0 Å². The summed E-state index contributed by atoms with van der Waals surface area (Å²) in [6.07, 6.45) is 2.07. The van der Waals surface area contributed by atoms with E-state index in [0.29, 0.717) is 0 Å². The molecule has 1 unspecified atom stereocenters. The lowest BCUT2D eigenvalue weighted by Gasteiger charge is -2.20. The highest BCUT2D eigenvalue weighted by Crippen LogP contribution is 2.31. The first-order valence-corrected chi connectivity index (χ1v) is 10.1. The predicted octanol–water partition coefficient (Wildman–Crippen LogP) is 3.71. The minimum atomic E-state index is -1.18. The van der Waals surface area contributed by atoms with E-state index in [9.17, 15) is 4.21 Å². The molecule has 0 aliphatic carbocycles. The van der Waals surface area contributed by atoms with Gasteiger partial charge in [0.05, 0.1) is 21.4 Å². The van der Waals surface area contributed by atoms with Crippen molar-refractivity contribution in [3.8, 4) is 0 Å². The first-order valence-electron chi connectivity index (χ1n) is 8.14. The lowest BCUT2D eigenvalue weighted by molar-refractivity contribution is 0.352.